The molecule has 0 radical (unpaired) electrons. The minimum atomic E-state index is -0.583. The van der Waals surface area contributed by atoms with Crippen molar-refractivity contribution in [2.45, 2.75) is 39.0 Å². The highest BCUT2D eigenvalue weighted by Crippen LogP contribution is 2.22. The summed E-state index contributed by atoms with van der Waals surface area (Å²) in [4.78, 5) is 23.2. The number of cyclic esters (lactones) is 1. The smallest absolute Gasteiger partial charge is 0.321 e. The molecule has 0 saturated heterocycles. The Balaban J connectivity index is 2.58. The second-order valence-corrected chi connectivity index (χ2v) is 3.98. The third-order valence-electron chi connectivity index (χ3n) is 2.60. The third kappa shape index (κ3) is 3.33. The van der Waals surface area contributed by atoms with Crippen LogP contribution in [-0.2, 0) is 14.3 Å². The Labute approximate surface area is 96.2 Å². The highest BCUT2D eigenvalue weighted by atomic mass is 16.5. The first kappa shape index (κ1) is 12.7. The third-order valence-corrected chi connectivity index (χ3v) is 2.60. The van der Waals surface area contributed by atoms with Crippen molar-refractivity contribution in [3.8, 4) is 0 Å². The van der Waals surface area contributed by atoms with Crippen LogP contribution in [0.25, 0.3) is 0 Å². The number of rotatable bonds is 6. The zero-order valence-electron chi connectivity index (χ0n) is 9.70. The van der Waals surface area contributed by atoms with Crippen molar-refractivity contribution in [2.24, 2.45) is 5.92 Å². The number of unbranched alkanes of at least 4 members (excludes halogenated alkanes) is 2. The molecule has 0 aliphatic carbocycles. The van der Waals surface area contributed by atoms with Crippen molar-refractivity contribution in [3.05, 3.63) is 24.5 Å². The lowest BCUT2D eigenvalue weighted by atomic mass is 9.94. The fourth-order valence-electron chi connectivity index (χ4n) is 1.71. The second-order valence-electron chi connectivity index (χ2n) is 3.98. The number of esters is 1. The van der Waals surface area contributed by atoms with Gasteiger partial charge in [0, 0.05) is 12.5 Å². The monoisotopic (exact) mass is 222 g/mol. The summed E-state index contributed by atoms with van der Waals surface area (Å²) in [5.41, 5.74) is 0. The van der Waals surface area contributed by atoms with Gasteiger partial charge in [0.25, 0.3) is 0 Å². The van der Waals surface area contributed by atoms with Crippen LogP contribution in [0.15, 0.2) is 24.5 Å². The van der Waals surface area contributed by atoms with Gasteiger partial charge in [0.1, 0.15) is 11.7 Å². The molecule has 0 aromatic rings. The fraction of sp³-hybridized carbons (Fsp3) is 0.538. The first-order chi connectivity index (χ1) is 7.69. The first-order valence-corrected chi connectivity index (χ1v) is 5.76. The Morgan fingerprint density at radius 3 is 2.75 bits per heavy atom. The van der Waals surface area contributed by atoms with E-state index in [2.05, 4.69) is 13.5 Å². The van der Waals surface area contributed by atoms with Gasteiger partial charge in [-0.05, 0) is 6.42 Å². The number of hydrogen-bond acceptors (Lipinski definition) is 3. The molecule has 1 atom stereocenters. The van der Waals surface area contributed by atoms with Gasteiger partial charge in [0.2, 0.25) is 0 Å². The lowest BCUT2D eigenvalue weighted by Crippen LogP contribution is -2.29. The Kier molecular flexibility index (Phi) is 4.96. The molecule has 1 rings (SSSR count). The standard InChI is InChI=1S/C13H18O3/c1-3-5-6-8-11-12(14)9-10(7-4-2)16-13(11)15/h4,9,11H,2-3,5-8H2,1H3. The molecule has 88 valence electrons. The Morgan fingerprint density at radius 1 is 1.44 bits per heavy atom. The normalized spacial score (nSPS) is 20.3. The van der Waals surface area contributed by atoms with Crippen molar-refractivity contribution in [3.63, 3.8) is 0 Å². The van der Waals surface area contributed by atoms with E-state index < -0.39 is 11.9 Å². The molecule has 1 aliphatic rings. The molecular formula is C13H18O3. The van der Waals surface area contributed by atoms with Crippen LogP contribution in [-0.4, -0.2) is 11.8 Å². The molecule has 0 saturated carbocycles. The zero-order valence-corrected chi connectivity index (χ0v) is 9.70. The summed E-state index contributed by atoms with van der Waals surface area (Å²) in [5, 5.41) is 0. The lowest BCUT2D eigenvalue weighted by molar-refractivity contribution is -0.149. The molecule has 1 unspecified atom stereocenters. The molecule has 1 heterocycles. The molecule has 0 N–H and O–H groups in total. The predicted octanol–water partition coefficient (Wildman–Crippen LogP) is 2.77. The van der Waals surface area contributed by atoms with Crippen molar-refractivity contribution >= 4 is 11.8 Å². The van der Waals surface area contributed by atoms with Crippen LogP contribution in [0.3, 0.4) is 0 Å². The maximum atomic E-state index is 11.7. The van der Waals surface area contributed by atoms with Gasteiger partial charge in [-0.3, -0.25) is 9.59 Å². The highest BCUT2D eigenvalue weighted by Gasteiger charge is 2.31. The van der Waals surface area contributed by atoms with Crippen LogP contribution in [0.4, 0.5) is 0 Å². The van der Waals surface area contributed by atoms with Crippen molar-refractivity contribution in [1.82, 2.24) is 0 Å². The topological polar surface area (TPSA) is 43.4 Å². The Morgan fingerprint density at radius 2 is 2.19 bits per heavy atom. The molecule has 16 heavy (non-hydrogen) atoms. The molecule has 0 aromatic heterocycles. The maximum absolute atomic E-state index is 11.7. The second kappa shape index (κ2) is 6.26. The van der Waals surface area contributed by atoms with Gasteiger partial charge in [-0.15, -0.1) is 6.58 Å². The van der Waals surface area contributed by atoms with Crippen LogP contribution in [0.5, 0.6) is 0 Å². The van der Waals surface area contributed by atoms with Gasteiger partial charge in [0.15, 0.2) is 5.78 Å². The van der Waals surface area contributed by atoms with Crippen LogP contribution in [0.1, 0.15) is 39.0 Å². The van der Waals surface area contributed by atoms with E-state index in [4.69, 9.17) is 4.74 Å². The van der Waals surface area contributed by atoms with E-state index in [0.717, 1.165) is 19.3 Å². The molecule has 0 fully saturated rings. The van der Waals surface area contributed by atoms with E-state index in [9.17, 15) is 9.59 Å². The minimum absolute atomic E-state index is 0.121. The summed E-state index contributed by atoms with van der Waals surface area (Å²) >= 11 is 0. The van der Waals surface area contributed by atoms with Gasteiger partial charge >= 0.3 is 5.97 Å². The van der Waals surface area contributed by atoms with Gasteiger partial charge in [-0.1, -0.05) is 32.3 Å². The van der Waals surface area contributed by atoms with Crippen molar-refractivity contribution in [2.75, 3.05) is 0 Å². The predicted molar refractivity (Wildman–Crippen MR) is 61.6 cm³/mol. The number of ketones is 1. The van der Waals surface area contributed by atoms with E-state index in [1.54, 1.807) is 6.08 Å². The van der Waals surface area contributed by atoms with Gasteiger partial charge < -0.3 is 4.74 Å². The van der Waals surface area contributed by atoms with E-state index in [1.807, 2.05) is 0 Å². The van der Waals surface area contributed by atoms with E-state index in [-0.39, 0.29) is 5.78 Å². The SMILES string of the molecule is C=CCC1=CC(=O)C(CCCCC)C(=O)O1. The van der Waals surface area contributed by atoms with Crippen molar-refractivity contribution < 1.29 is 14.3 Å². The van der Waals surface area contributed by atoms with Crippen LogP contribution < -0.4 is 0 Å². The van der Waals surface area contributed by atoms with E-state index in [1.165, 1.54) is 6.08 Å². The number of hydrogen-bond donors (Lipinski definition) is 0. The van der Waals surface area contributed by atoms with Crippen LogP contribution in [0, 0.1) is 5.92 Å². The molecule has 1 aliphatic heterocycles. The van der Waals surface area contributed by atoms with E-state index in [0.29, 0.717) is 18.6 Å². The largest absolute Gasteiger partial charge is 0.430 e. The number of carbonyl (C=O) groups excluding carboxylic acids is 2. The molecule has 0 spiro atoms. The van der Waals surface area contributed by atoms with Crippen LogP contribution >= 0.6 is 0 Å². The quantitative estimate of drug-likeness (QED) is 0.300. The van der Waals surface area contributed by atoms with Crippen LogP contribution in [0.2, 0.25) is 0 Å². The molecule has 0 bridgehead atoms. The number of ether oxygens (including phenoxy) is 1. The Bertz CT molecular complexity index is 315. The highest BCUT2D eigenvalue weighted by molar-refractivity contribution is 6.07. The van der Waals surface area contributed by atoms with E-state index >= 15 is 0 Å². The first-order valence-electron chi connectivity index (χ1n) is 5.76. The number of allylic oxidation sites excluding steroid dienone is 2. The molecule has 3 heteroatoms. The Hall–Kier alpha value is -1.38. The minimum Gasteiger partial charge on any atom is -0.430 e. The van der Waals surface area contributed by atoms with Gasteiger partial charge in [-0.25, -0.2) is 0 Å². The van der Waals surface area contributed by atoms with Gasteiger partial charge in [-0.2, -0.15) is 0 Å². The fourth-order valence-corrected chi connectivity index (χ4v) is 1.71. The molecule has 0 aromatic carbocycles. The zero-order chi connectivity index (χ0) is 12.0. The summed E-state index contributed by atoms with van der Waals surface area (Å²) < 4.78 is 5.07. The summed E-state index contributed by atoms with van der Waals surface area (Å²) in [5.74, 6) is -0.693. The molecular weight excluding hydrogens is 204 g/mol. The lowest BCUT2D eigenvalue weighted by Gasteiger charge is -2.19. The number of carbonyl (C=O) groups is 2. The maximum Gasteiger partial charge on any atom is 0.321 e. The molecule has 0 amide bonds. The summed E-state index contributed by atoms with van der Waals surface area (Å²) in [7, 11) is 0. The summed E-state index contributed by atoms with van der Waals surface area (Å²) in [6, 6.07) is 0. The molecule has 3 nitrogen and oxygen atoms in total. The summed E-state index contributed by atoms with van der Waals surface area (Å²) in [6.07, 6.45) is 7.09. The van der Waals surface area contributed by atoms with Crippen molar-refractivity contribution in [1.29, 1.82) is 0 Å². The summed E-state index contributed by atoms with van der Waals surface area (Å²) in [6.45, 7) is 5.63. The average Bonchev–Trinajstić information content (AvgIpc) is 2.23. The van der Waals surface area contributed by atoms with Gasteiger partial charge in [0.05, 0.1) is 0 Å². The average molecular weight is 222 g/mol.